The molecular weight excluding hydrogens is 274 g/mol. The van der Waals surface area contributed by atoms with Gasteiger partial charge in [0.1, 0.15) is 0 Å². The molecule has 0 spiro atoms. The number of nitrogens with zero attached hydrogens (tertiary/aromatic N) is 2. The molecule has 0 radical (unpaired) electrons. The molecular formula is C14H21N3O2S. The molecule has 0 aliphatic carbocycles. The first-order valence-electron chi connectivity index (χ1n) is 6.28. The molecule has 0 saturated carbocycles. The fraction of sp³-hybridized carbons (Fsp3) is 0.429. The van der Waals surface area contributed by atoms with Crippen molar-refractivity contribution in [2.75, 3.05) is 40.8 Å². The standard InChI is InChI=1S/C14H21N3O2S/c1-16(2)10-11-17(3)20(18,19)14-8-4-6-13(12-14)7-5-9-15/h4,6,8,12H,9-11,15H2,1-3H3. The van der Waals surface area contributed by atoms with E-state index in [0.717, 1.165) is 0 Å². The molecule has 1 rings (SSSR count). The number of nitrogens with two attached hydrogens (primary N) is 1. The van der Waals surface area contributed by atoms with E-state index in [1.165, 1.54) is 4.31 Å². The van der Waals surface area contributed by atoms with Gasteiger partial charge < -0.3 is 10.6 Å². The van der Waals surface area contributed by atoms with Crippen LogP contribution in [-0.2, 0) is 10.0 Å². The van der Waals surface area contributed by atoms with Crippen molar-refractivity contribution in [2.45, 2.75) is 4.90 Å². The van der Waals surface area contributed by atoms with Crippen molar-refractivity contribution in [2.24, 2.45) is 5.73 Å². The van der Waals surface area contributed by atoms with Crippen LogP contribution in [0.4, 0.5) is 0 Å². The van der Waals surface area contributed by atoms with Crippen molar-refractivity contribution in [1.29, 1.82) is 0 Å². The minimum Gasteiger partial charge on any atom is -0.320 e. The zero-order valence-corrected chi connectivity index (χ0v) is 12.9. The number of hydrogen-bond acceptors (Lipinski definition) is 4. The Morgan fingerprint density at radius 3 is 2.50 bits per heavy atom. The number of hydrogen-bond donors (Lipinski definition) is 1. The number of likely N-dealkylation sites (N-methyl/N-ethyl adjacent to an activating group) is 2. The van der Waals surface area contributed by atoms with E-state index in [9.17, 15) is 8.42 Å². The SMILES string of the molecule is CN(C)CCN(C)S(=O)(=O)c1cccc(C#CCN)c1. The van der Waals surface area contributed by atoms with Crippen molar-refractivity contribution in [3.05, 3.63) is 29.8 Å². The van der Waals surface area contributed by atoms with E-state index < -0.39 is 10.0 Å². The summed E-state index contributed by atoms with van der Waals surface area (Å²) in [5.74, 6) is 5.55. The Bertz CT molecular complexity index is 600. The van der Waals surface area contributed by atoms with E-state index in [2.05, 4.69) is 11.8 Å². The Hall–Kier alpha value is -1.39. The van der Waals surface area contributed by atoms with Gasteiger partial charge in [-0.1, -0.05) is 17.9 Å². The van der Waals surface area contributed by atoms with Crippen LogP contribution in [0.3, 0.4) is 0 Å². The van der Waals surface area contributed by atoms with E-state index in [1.54, 1.807) is 31.3 Å². The molecule has 0 aromatic heterocycles. The van der Waals surface area contributed by atoms with E-state index in [-0.39, 0.29) is 11.4 Å². The van der Waals surface area contributed by atoms with Gasteiger partial charge in [0.2, 0.25) is 10.0 Å². The predicted molar refractivity (Wildman–Crippen MR) is 80.7 cm³/mol. The van der Waals surface area contributed by atoms with Crippen molar-refractivity contribution in [3.63, 3.8) is 0 Å². The summed E-state index contributed by atoms with van der Waals surface area (Å²) >= 11 is 0. The van der Waals surface area contributed by atoms with Gasteiger partial charge in [-0.15, -0.1) is 0 Å². The summed E-state index contributed by atoms with van der Waals surface area (Å²) in [5, 5.41) is 0. The molecule has 0 heterocycles. The monoisotopic (exact) mass is 295 g/mol. The van der Waals surface area contributed by atoms with Gasteiger partial charge in [-0.25, -0.2) is 8.42 Å². The number of sulfonamides is 1. The Morgan fingerprint density at radius 1 is 1.20 bits per heavy atom. The molecule has 0 fully saturated rings. The zero-order valence-electron chi connectivity index (χ0n) is 12.1. The van der Waals surface area contributed by atoms with Crippen molar-refractivity contribution in [3.8, 4) is 11.8 Å². The van der Waals surface area contributed by atoms with Crippen LogP contribution < -0.4 is 5.73 Å². The van der Waals surface area contributed by atoms with Crippen LogP contribution in [0.25, 0.3) is 0 Å². The van der Waals surface area contributed by atoms with Gasteiger partial charge in [-0.2, -0.15) is 4.31 Å². The van der Waals surface area contributed by atoms with Crippen LogP contribution in [0.15, 0.2) is 29.2 Å². The summed E-state index contributed by atoms with van der Waals surface area (Å²) in [6.07, 6.45) is 0. The lowest BCUT2D eigenvalue weighted by Gasteiger charge is -2.19. The average Bonchev–Trinajstić information content (AvgIpc) is 2.42. The third-order valence-electron chi connectivity index (χ3n) is 2.74. The van der Waals surface area contributed by atoms with Crippen molar-refractivity contribution < 1.29 is 8.42 Å². The Morgan fingerprint density at radius 2 is 1.90 bits per heavy atom. The molecule has 0 bridgehead atoms. The molecule has 5 nitrogen and oxygen atoms in total. The first-order chi connectivity index (χ1) is 9.37. The molecule has 0 atom stereocenters. The fourth-order valence-corrected chi connectivity index (χ4v) is 2.74. The molecule has 20 heavy (non-hydrogen) atoms. The predicted octanol–water partition coefficient (Wildman–Crippen LogP) is 0.179. The number of benzene rings is 1. The minimum atomic E-state index is -3.47. The van der Waals surface area contributed by atoms with Crippen LogP contribution >= 0.6 is 0 Å². The van der Waals surface area contributed by atoms with Gasteiger partial charge in [0.15, 0.2) is 0 Å². The largest absolute Gasteiger partial charge is 0.320 e. The second-order valence-corrected chi connectivity index (χ2v) is 6.71. The Labute approximate surface area is 121 Å². The lowest BCUT2D eigenvalue weighted by Crippen LogP contribution is -2.33. The van der Waals surface area contributed by atoms with E-state index in [1.807, 2.05) is 19.0 Å². The van der Waals surface area contributed by atoms with Crippen molar-refractivity contribution >= 4 is 10.0 Å². The average molecular weight is 295 g/mol. The molecule has 1 aromatic rings. The van der Waals surface area contributed by atoms with E-state index >= 15 is 0 Å². The summed E-state index contributed by atoms with van der Waals surface area (Å²) in [7, 11) is 1.92. The summed E-state index contributed by atoms with van der Waals surface area (Å²) in [4.78, 5) is 2.19. The van der Waals surface area contributed by atoms with Gasteiger partial charge in [-0.05, 0) is 32.3 Å². The maximum atomic E-state index is 12.4. The van der Waals surface area contributed by atoms with E-state index in [0.29, 0.717) is 18.7 Å². The molecule has 1 aromatic carbocycles. The highest BCUT2D eigenvalue weighted by atomic mass is 32.2. The minimum absolute atomic E-state index is 0.250. The van der Waals surface area contributed by atoms with E-state index in [4.69, 9.17) is 5.73 Å². The zero-order chi connectivity index (χ0) is 15.2. The van der Waals surface area contributed by atoms with Gasteiger partial charge >= 0.3 is 0 Å². The Balaban J connectivity index is 2.97. The molecule has 0 unspecified atom stereocenters. The summed E-state index contributed by atoms with van der Waals surface area (Å²) < 4.78 is 26.2. The first-order valence-corrected chi connectivity index (χ1v) is 7.72. The van der Waals surface area contributed by atoms with Gasteiger partial charge in [-0.3, -0.25) is 0 Å². The lowest BCUT2D eigenvalue weighted by molar-refractivity contribution is 0.358. The highest BCUT2D eigenvalue weighted by molar-refractivity contribution is 7.89. The molecule has 110 valence electrons. The van der Waals surface area contributed by atoms with Crippen LogP contribution in [-0.4, -0.2) is 58.4 Å². The third kappa shape index (κ3) is 4.62. The lowest BCUT2D eigenvalue weighted by atomic mass is 10.2. The maximum Gasteiger partial charge on any atom is 0.242 e. The fourth-order valence-electron chi connectivity index (χ4n) is 1.53. The molecule has 0 aliphatic rings. The first kappa shape index (κ1) is 16.7. The molecule has 0 aliphatic heterocycles. The van der Waals surface area contributed by atoms with Gasteiger partial charge in [0.05, 0.1) is 11.4 Å². The smallest absolute Gasteiger partial charge is 0.242 e. The highest BCUT2D eigenvalue weighted by Crippen LogP contribution is 2.15. The van der Waals surface area contributed by atoms with Crippen LogP contribution in [0.5, 0.6) is 0 Å². The van der Waals surface area contributed by atoms with Crippen molar-refractivity contribution in [1.82, 2.24) is 9.21 Å². The molecule has 2 N–H and O–H groups in total. The summed E-state index contributed by atoms with van der Waals surface area (Å²) in [5.41, 5.74) is 5.96. The summed E-state index contributed by atoms with van der Waals surface area (Å²) in [6.45, 7) is 1.36. The second-order valence-electron chi connectivity index (χ2n) is 4.66. The van der Waals surface area contributed by atoms with Crippen LogP contribution in [0.2, 0.25) is 0 Å². The van der Waals surface area contributed by atoms with Crippen LogP contribution in [0.1, 0.15) is 5.56 Å². The quantitative estimate of drug-likeness (QED) is 0.787. The molecule has 0 saturated heterocycles. The van der Waals surface area contributed by atoms with Gasteiger partial charge in [0, 0.05) is 25.7 Å². The third-order valence-corrected chi connectivity index (χ3v) is 4.59. The molecule has 0 amide bonds. The van der Waals surface area contributed by atoms with Crippen LogP contribution in [0, 0.1) is 11.8 Å². The molecule has 6 heteroatoms. The summed E-state index contributed by atoms with van der Waals surface area (Å²) in [6, 6.07) is 6.61. The Kier molecular flexibility index (Phi) is 6.17. The highest BCUT2D eigenvalue weighted by Gasteiger charge is 2.20. The second kappa shape index (κ2) is 7.41. The topological polar surface area (TPSA) is 66.6 Å². The normalized spacial score (nSPS) is 11.5. The van der Waals surface area contributed by atoms with Gasteiger partial charge in [0.25, 0.3) is 0 Å². The maximum absolute atomic E-state index is 12.4. The number of rotatable bonds is 5.